The Balaban J connectivity index is 1.91. The Hall–Kier alpha value is -0.720. The summed E-state index contributed by atoms with van der Waals surface area (Å²) in [7, 11) is -2.99. The summed E-state index contributed by atoms with van der Waals surface area (Å²) in [5.74, 6) is 1.93. The second kappa shape index (κ2) is 7.51. The molecule has 1 unspecified atom stereocenters. The summed E-state index contributed by atoms with van der Waals surface area (Å²) in [6, 6.07) is 8.24. The van der Waals surface area contributed by atoms with Gasteiger partial charge >= 0.3 is 0 Å². The molecule has 0 radical (unpaired) electrons. The summed E-state index contributed by atoms with van der Waals surface area (Å²) >= 11 is 1.74. The van der Waals surface area contributed by atoms with Crippen LogP contribution >= 0.6 is 11.8 Å². The van der Waals surface area contributed by atoms with E-state index in [0.29, 0.717) is 5.75 Å². The first-order valence-electron chi connectivity index (χ1n) is 7.37. The molecule has 118 valence electrons. The highest BCUT2D eigenvalue weighted by atomic mass is 32.2. The molecular formula is C15H24N2O2S2. The molecule has 1 aromatic carbocycles. The van der Waals surface area contributed by atoms with Gasteiger partial charge in [0.15, 0.2) is 9.84 Å². The zero-order chi connectivity index (χ0) is 15.3. The Morgan fingerprint density at radius 1 is 1.43 bits per heavy atom. The van der Waals surface area contributed by atoms with Crippen molar-refractivity contribution in [3.8, 4) is 0 Å². The molecular weight excluding hydrogens is 304 g/mol. The second-order valence-corrected chi connectivity index (χ2v) is 8.91. The molecule has 21 heavy (non-hydrogen) atoms. The fourth-order valence-corrected chi connectivity index (χ4v) is 5.60. The quantitative estimate of drug-likeness (QED) is 0.868. The third-order valence-electron chi connectivity index (χ3n) is 3.75. The molecule has 0 bridgehead atoms. The molecule has 4 nitrogen and oxygen atoms in total. The molecule has 2 rings (SSSR count). The lowest BCUT2D eigenvalue weighted by atomic mass is 10.2. The Labute approximate surface area is 132 Å². The van der Waals surface area contributed by atoms with Crippen molar-refractivity contribution in [1.82, 2.24) is 4.90 Å². The molecule has 0 saturated carbocycles. The number of nitrogens with one attached hydrogen (secondary N) is 1. The van der Waals surface area contributed by atoms with Crippen LogP contribution in [0.4, 0.5) is 5.69 Å². The predicted octanol–water partition coefficient (Wildman–Crippen LogP) is 2.22. The van der Waals surface area contributed by atoms with Crippen molar-refractivity contribution in [1.29, 1.82) is 0 Å². The van der Waals surface area contributed by atoms with Crippen LogP contribution < -0.4 is 5.32 Å². The number of sulfone groups is 1. The molecule has 1 fully saturated rings. The van der Waals surface area contributed by atoms with Gasteiger partial charge in [-0.05, 0) is 24.6 Å². The first-order chi connectivity index (χ1) is 10.0. The summed E-state index contributed by atoms with van der Waals surface area (Å²) in [5, 5.41) is 3.06. The molecule has 0 aliphatic carbocycles. The molecule has 1 atom stereocenters. The van der Waals surface area contributed by atoms with E-state index in [9.17, 15) is 8.42 Å². The lowest BCUT2D eigenvalue weighted by Gasteiger charge is -2.34. The topological polar surface area (TPSA) is 49.4 Å². The van der Waals surface area contributed by atoms with Gasteiger partial charge in [-0.1, -0.05) is 19.1 Å². The highest BCUT2D eigenvalue weighted by Crippen LogP contribution is 2.21. The Bertz CT molecular complexity index is 561. The maximum Gasteiger partial charge on any atom is 0.166 e. The number of anilines is 1. The Morgan fingerprint density at radius 2 is 2.24 bits per heavy atom. The zero-order valence-electron chi connectivity index (χ0n) is 12.7. The van der Waals surface area contributed by atoms with Gasteiger partial charge in [-0.3, -0.25) is 4.90 Å². The summed E-state index contributed by atoms with van der Waals surface area (Å²) < 4.78 is 24.3. The molecule has 6 heteroatoms. The van der Waals surface area contributed by atoms with Gasteiger partial charge in [0.2, 0.25) is 0 Å². The van der Waals surface area contributed by atoms with Crippen molar-refractivity contribution in [2.24, 2.45) is 0 Å². The minimum atomic E-state index is -2.99. The molecule has 0 amide bonds. The fourth-order valence-electron chi connectivity index (χ4n) is 2.49. The highest BCUT2D eigenvalue weighted by molar-refractivity contribution is 8.01. The SMILES string of the molecule is CCS(=O)(=O)C1CSCCN1CCNc1cccc(C)c1. The molecule has 0 aromatic heterocycles. The monoisotopic (exact) mass is 328 g/mol. The van der Waals surface area contributed by atoms with Gasteiger partial charge in [-0.15, -0.1) is 0 Å². The van der Waals surface area contributed by atoms with E-state index in [1.165, 1.54) is 5.56 Å². The van der Waals surface area contributed by atoms with Crippen LogP contribution in [-0.2, 0) is 9.84 Å². The van der Waals surface area contributed by atoms with E-state index in [1.807, 2.05) is 12.1 Å². The zero-order valence-corrected chi connectivity index (χ0v) is 14.3. The average molecular weight is 329 g/mol. The van der Waals surface area contributed by atoms with Crippen molar-refractivity contribution in [3.05, 3.63) is 29.8 Å². The van der Waals surface area contributed by atoms with Crippen LogP contribution in [0.25, 0.3) is 0 Å². The first-order valence-corrected chi connectivity index (χ1v) is 10.2. The second-order valence-electron chi connectivity index (χ2n) is 5.31. The van der Waals surface area contributed by atoms with Gasteiger partial charge in [0, 0.05) is 42.6 Å². The van der Waals surface area contributed by atoms with Crippen molar-refractivity contribution >= 4 is 27.3 Å². The van der Waals surface area contributed by atoms with Gasteiger partial charge in [-0.2, -0.15) is 11.8 Å². The smallest absolute Gasteiger partial charge is 0.166 e. The van der Waals surface area contributed by atoms with Crippen LogP contribution in [0.5, 0.6) is 0 Å². The largest absolute Gasteiger partial charge is 0.384 e. The van der Waals surface area contributed by atoms with Crippen molar-refractivity contribution in [2.45, 2.75) is 19.2 Å². The van der Waals surface area contributed by atoms with Crippen LogP contribution in [-0.4, -0.2) is 55.6 Å². The molecule has 1 aromatic rings. The van der Waals surface area contributed by atoms with Crippen LogP contribution in [0.1, 0.15) is 12.5 Å². The van der Waals surface area contributed by atoms with E-state index in [0.717, 1.165) is 31.1 Å². The molecule has 0 spiro atoms. The third-order valence-corrected chi connectivity index (χ3v) is 7.09. The van der Waals surface area contributed by atoms with Gasteiger partial charge in [0.05, 0.1) is 0 Å². The minimum absolute atomic E-state index is 0.222. The summed E-state index contributed by atoms with van der Waals surface area (Å²) in [4.78, 5) is 2.11. The molecule has 1 aliphatic rings. The Morgan fingerprint density at radius 3 is 2.95 bits per heavy atom. The molecule has 1 saturated heterocycles. The summed E-state index contributed by atoms with van der Waals surface area (Å²) in [6.07, 6.45) is 0. The molecule has 1 N–H and O–H groups in total. The minimum Gasteiger partial charge on any atom is -0.384 e. The highest BCUT2D eigenvalue weighted by Gasteiger charge is 2.32. The normalized spacial score (nSPS) is 20.4. The first kappa shape index (κ1) is 16.6. The average Bonchev–Trinajstić information content (AvgIpc) is 2.48. The summed E-state index contributed by atoms with van der Waals surface area (Å²) in [6.45, 7) is 6.18. The number of aryl methyl sites for hydroxylation is 1. The summed E-state index contributed by atoms with van der Waals surface area (Å²) in [5.41, 5.74) is 2.32. The number of thioether (sulfide) groups is 1. The fraction of sp³-hybridized carbons (Fsp3) is 0.600. The lowest BCUT2D eigenvalue weighted by Crippen LogP contribution is -2.49. The van der Waals surface area contributed by atoms with Crippen molar-refractivity contribution in [3.63, 3.8) is 0 Å². The van der Waals surface area contributed by atoms with Gasteiger partial charge < -0.3 is 5.32 Å². The van der Waals surface area contributed by atoms with Crippen LogP contribution in [0.2, 0.25) is 0 Å². The number of hydrogen-bond donors (Lipinski definition) is 1. The van der Waals surface area contributed by atoms with E-state index in [-0.39, 0.29) is 11.1 Å². The van der Waals surface area contributed by atoms with Gasteiger partial charge in [0.1, 0.15) is 5.37 Å². The molecule has 1 heterocycles. The van der Waals surface area contributed by atoms with E-state index in [2.05, 4.69) is 29.3 Å². The number of benzene rings is 1. The maximum atomic E-state index is 12.2. The van der Waals surface area contributed by atoms with E-state index in [1.54, 1.807) is 18.7 Å². The van der Waals surface area contributed by atoms with E-state index < -0.39 is 9.84 Å². The van der Waals surface area contributed by atoms with Crippen LogP contribution in [0.15, 0.2) is 24.3 Å². The van der Waals surface area contributed by atoms with Crippen molar-refractivity contribution in [2.75, 3.05) is 42.2 Å². The Kier molecular flexibility index (Phi) is 5.96. The van der Waals surface area contributed by atoms with E-state index >= 15 is 0 Å². The van der Waals surface area contributed by atoms with E-state index in [4.69, 9.17) is 0 Å². The number of rotatable bonds is 6. The standard InChI is InChI=1S/C15H24N2O2S2/c1-3-21(18,19)15-12-20-10-9-17(15)8-7-16-14-6-4-5-13(2)11-14/h4-6,11,15-16H,3,7-10,12H2,1-2H3. The number of hydrogen-bond acceptors (Lipinski definition) is 5. The van der Waals surface area contributed by atoms with Crippen molar-refractivity contribution < 1.29 is 8.42 Å². The van der Waals surface area contributed by atoms with Gasteiger partial charge in [-0.25, -0.2) is 8.42 Å². The van der Waals surface area contributed by atoms with Crippen LogP contribution in [0.3, 0.4) is 0 Å². The lowest BCUT2D eigenvalue weighted by molar-refractivity contribution is 0.280. The number of nitrogens with zero attached hydrogens (tertiary/aromatic N) is 1. The third kappa shape index (κ3) is 4.63. The molecule has 1 aliphatic heterocycles. The maximum absolute atomic E-state index is 12.2. The van der Waals surface area contributed by atoms with Crippen LogP contribution in [0, 0.1) is 6.92 Å². The predicted molar refractivity (Wildman–Crippen MR) is 91.8 cm³/mol. The van der Waals surface area contributed by atoms with Gasteiger partial charge in [0.25, 0.3) is 0 Å².